The summed E-state index contributed by atoms with van der Waals surface area (Å²) >= 11 is 0. The molecule has 29 heavy (non-hydrogen) atoms. The zero-order valence-electron chi connectivity index (χ0n) is 16.9. The van der Waals surface area contributed by atoms with Gasteiger partial charge in [-0.3, -0.25) is 14.6 Å². The van der Waals surface area contributed by atoms with Crippen LogP contribution in [0.1, 0.15) is 28.8 Å². The van der Waals surface area contributed by atoms with Gasteiger partial charge in [0, 0.05) is 32.0 Å². The van der Waals surface area contributed by atoms with E-state index in [1.165, 1.54) is 0 Å². The quantitative estimate of drug-likeness (QED) is 0.775. The minimum absolute atomic E-state index is 0.106. The molecule has 1 aromatic carbocycles. The summed E-state index contributed by atoms with van der Waals surface area (Å²) in [6.07, 6.45) is 5.30. The van der Waals surface area contributed by atoms with E-state index in [1.54, 1.807) is 38.7 Å². The average Bonchev–Trinajstić information content (AvgIpc) is 2.78. The summed E-state index contributed by atoms with van der Waals surface area (Å²) in [5.41, 5.74) is 1.47. The van der Waals surface area contributed by atoms with Crippen LogP contribution in [-0.2, 0) is 11.2 Å². The van der Waals surface area contributed by atoms with Gasteiger partial charge >= 0.3 is 0 Å². The molecule has 0 unspecified atom stereocenters. The van der Waals surface area contributed by atoms with Gasteiger partial charge in [-0.1, -0.05) is 6.07 Å². The van der Waals surface area contributed by atoms with Crippen LogP contribution in [0.3, 0.4) is 0 Å². The van der Waals surface area contributed by atoms with E-state index in [1.807, 2.05) is 23.1 Å². The Kier molecular flexibility index (Phi) is 7.05. The average molecular weight is 397 g/mol. The van der Waals surface area contributed by atoms with Gasteiger partial charge in [-0.25, -0.2) is 0 Å². The van der Waals surface area contributed by atoms with Gasteiger partial charge in [-0.05, 0) is 48.6 Å². The number of piperidine rings is 1. The molecule has 7 nitrogen and oxygen atoms in total. The van der Waals surface area contributed by atoms with Crippen molar-refractivity contribution in [3.63, 3.8) is 0 Å². The number of hydrogen-bond donors (Lipinski definition) is 1. The van der Waals surface area contributed by atoms with Crippen LogP contribution in [0.2, 0.25) is 0 Å². The van der Waals surface area contributed by atoms with E-state index in [2.05, 4.69) is 10.3 Å². The highest BCUT2D eigenvalue weighted by Crippen LogP contribution is 2.28. The summed E-state index contributed by atoms with van der Waals surface area (Å²) in [6, 6.07) is 9.05. The molecular weight excluding hydrogens is 370 g/mol. The molecule has 1 saturated heterocycles. The second-order valence-electron chi connectivity index (χ2n) is 7.14. The van der Waals surface area contributed by atoms with Crippen molar-refractivity contribution in [3.05, 3.63) is 53.9 Å². The van der Waals surface area contributed by atoms with Crippen molar-refractivity contribution in [1.29, 1.82) is 0 Å². The first-order valence-electron chi connectivity index (χ1n) is 9.77. The molecular formula is C22H27N3O4. The highest BCUT2D eigenvalue weighted by atomic mass is 16.5. The Morgan fingerprint density at radius 1 is 1.14 bits per heavy atom. The fourth-order valence-corrected chi connectivity index (χ4v) is 3.50. The number of pyridine rings is 1. The molecule has 0 saturated carbocycles. The Hall–Kier alpha value is -3.09. The predicted molar refractivity (Wildman–Crippen MR) is 109 cm³/mol. The molecule has 1 aliphatic rings. The maximum atomic E-state index is 12.7. The van der Waals surface area contributed by atoms with Crippen molar-refractivity contribution < 1.29 is 19.1 Å². The Bertz CT molecular complexity index is 833. The predicted octanol–water partition coefficient (Wildman–Crippen LogP) is 2.31. The second-order valence-corrected chi connectivity index (χ2v) is 7.14. The maximum absolute atomic E-state index is 12.7. The Balaban J connectivity index is 1.45. The molecule has 0 bridgehead atoms. The van der Waals surface area contributed by atoms with Gasteiger partial charge in [0.2, 0.25) is 5.91 Å². The van der Waals surface area contributed by atoms with Gasteiger partial charge in [-0.15, -0.1) is 0 Å². The molecule has 2 amide bonds. The number of nitrogens with zero attached hydrogens (tertiary/aromatic N) is 2. The highest BCUT2D eigenvalue weighted by Gasteiger charge is 2.23. The number of carbonyl (C=O) groups excluding carboxylic acids is 2. The number of amides is 2. The maximum Gasteiger partial charge on any atom is 0.252 e. The summed E-state index contributed by atoms with van der Waals surface area (Å²) < 4.78 is 10.5. The fourth-order valence-electron chi connectivity index (χ4n) is 3.50. The molecule has 1 aliphatic heterocycles. The molecule has 1 fully saturated rings. The van der Waals surface area contributed by atoms with E-state index in [-0.39, 0.29) is 11.8 Å². The van der Waals surface area contributed by atoms with Crippen molar-refractivity contribution in [2.75, 3.05) is 33.9 Å². The molecule has 0 spiro atoms. The van der Waals surface area contributed by atoms with Crippen molar-refractivity contribution in [1.82, 2.24) is 15.2 Å². The first kappa shape index (κ1) is 20.6. The number of hydrogen-bond acceptors (Lipinski definition) is 5. The monoisotopic (exact) mass is 397 g/mol. The SMILES string of the molecule is COc1ccc(CC(=O)N2CCC(CNC(=O)c3cccnc3)CC2)cc1OC. The number of rotatable bonds is 7. The van der Waals surface area contributed by atoms with E-state index in [9.17, 15) is 9.59 Å². The van der Waals surface area contributed by atoms with Crippen LogP contribution in [-0.4, -0.2) is 55.6 Å². The van der Waals surface area contributed by atoms with Crippen molar-refractivity contribution >= 4 is 11.8 Å². The first-order valence-corrected chi connectivity index (χ1v) is 9.77. The van der Waals surface area contributed by atoms with Crippen LogP contribution < -0.4 is 14.8 Å². The van der Waals surface area contributed by atoms with Gasteiger partial charge in [0.15, 0.2) is 11.5 Å². The fraction of sp³-hybridized carbons (Fsp3) is 0.409. The van der Waals surface area contributed by atoms with Crippen LogP contribution in [0.25, 0.3) is 0 Å². The number of carbonyl (C=O) groups is 2. The van der Waals surface area contributed by atoms with E-state index in [4.69, 9.17) is 9.47 Å². The molecule has 3 rings (SSSR count). The Labute approximate surface area is 171 Å². The van der Waals surface area contributed by atoms with Gasteiger partial charge in [0.05, 0.1) is 26.2 Å². The lowest BCUT2D eigenvalue weighted by atomic mass is 9.96. The van der Waals surface area contributed by atoms with Gasteiger partial charge < -0.3 is 19.7 Å². The number of aromatic nitrogens is 1. The van der Waals surface area contributed by atoms with Gasteiger partial charge in [0.25, 0.3) is 5.91 Å². The topological polar surface area (TPSA) is 80.8 Å². The Morgan fingerprint density at radius 3 is 2.55 bits per heavy atom. The van der Waals surface area contributed by atoms with E-state index in [0.29, 0.717) is 49.0 Å². The largest absolute Gasteiger partial charge is 0.493 e. The van der Waals surface area contributed by atoms with Crippen molar-refractivity contribution in [2.24, 2.45) is 5.92 Å². The summed E-state index contributed by atoms with van der Waals surface area (Å²) in [5, 5.41) is 2.97. The molecule has 2 aromatic rings. The molecule has 154 valence electrons. The lowest BCUT2D eigenvalue weighted by Crippen LogP contribution is -2.42. The molecule has 0 atom stereocenters. The number of methoxy groups -OCH3 is 2. The number of likely N-dealkylation sites (tertiary alicyclic amines) is 1. The zero-order chi connectivity index (χ0) is 20.6. The third-order valence-corrected chi connectivity index (χ3v) is 5.25. The van der Waals surface area contributed by atoms with E-state index < -0.39 is 0 Å². The summed E-state index contributed by atoms with van der Waals surface area (Å²) in [4.78, 5) is 30.6. The van der Waals surface area contributed by atoms with Crippen LogP contribution >= 0.6 is 0 Å². The third kappa shape index (κ3) is 5.47. The first-order chi connectivity index (χ1) is 14.1. The van der Waals surface area contributed by atoms with Crippen molar-refractivity contribution in [2.45, 2.75) is 19.3 Å². The van der Waals surface area contributed by atoms with Crippen molar-refractivity contribution in [3.8, 4) is 11.5 Å². The highest BCUT2D eigenvalue weighted by molar-refractivity contribution is 5.93. The summed E-state index contributed by atoms with van der Waals surface area (Å²) in [7, 11) is 3.17. The van der Waals surface area contributed by atoms with Crippen LogP contribution in [0.15, 0.2) is 42.7 Å². The number of ether oxygens (including phenoxy) is 2. The second kappa shape index (κ2) is 9.91. The molecule has 7 heteroatoms. The minimum Gasteiger partial charge on any atom is -0.493 e. The smallest absolute Gasteiger partial charge is 0.252 e. The van der Waals surface area contributed by atoms with Crippen LogP contribution in [0.4, 0.5) is 0 Å². The molecule has 0 aliphatic carbocycles. The number of nitrogens with one attached hydrogen (secondary N) is 1. The number of benzene rings is 1. The van der Waals surface area contributed by atoms with E-state index >= 15 is 0 Å². The van der Waals surface area contributed by atoms with Gasteiger partial charge in [-0.2, -0.15) is 0 Å². The van der Waals surface area contributed by atoms with Gasteiger partial charge in [0.1, 0.15) is 0 Å². The normalized spacial score (nSPS) is 14.3. The summed E-state index contributed by atoms with van der Waals surface area (Å²) in [6.45, 7) is 2.03. The lowest BCUT2D eigenvalue weighted by Gasteiger charge is -2.32. The third-order valence-electron chi connectivity index (χ3n) is 5.25. The summed E-state index contributed by atoms with van der Waals surface area (Å²) in [5.74, 6) is 1.65. The zero-order valence-corrected chi connectivity index (χ0v) is 16.9. The minimum atomic E-state index is -0.106. The van der Waals surface area contributed by atoms with Crippen LogP contribution in [0, 0.1) is 5.92 Å². The lowest BCUT2D eigenvalue weighted by molar-refractivity contribution is -0.131. The molecule has 0 radical (unpaired) electrons. The molecule has 1 aromatic heterocycles. The standard InChI is InChI=1S/C22H27N3O4/c1-28-19-6-5-17(12-20(19)29-2)13-21(26)25-10-7-16(8-11-25)14-24-22(27)18-4-3-9-23-15-18/h3-6,9,12,15-16H,7-8,10-11,13-14H2,1-2H3,(H,24,27). The van der Waals surface area contributed by atoms with E-state index in [0.717, 1.165) is 18.4 Å². The molecule has 1 N–H and O–H groups in total. The Morgan fingerprint density at radius 2 is 1.90 bits per heavy atom. The van der Waals surface area contributed by atoms with Crippen LogP contribution in [0.5, 0.6) is 11.5 Å². The molecule has 2 heterocycles.